The summed E-state index contributed by atoms with van der Waals surface area (Å²) in [4.78, 5) is 2.58. The van der Waals surface area contributed by atoms with Crippen LogP contribution in [0.25, 0.3) is 0 Å². The van der Waals surface area contributed by atoms with Gasteiger partial charge in [0.25, 0.3) is 0 Å². The van der Waals surface area contributed by atoms with Gasteiger partial charge in [0.05, 0.1) is 12.7 Å². The van der Waals surface area contributed by atoms with Crippen molar-refractivity contribution in [2.24, 2.45) is 0 Å². The first kappa shape index (κ1) is 13.4. The van der Waals surface area contributed by atoms with E-state index in [1.165, 1.54) is 18.4 Å². The van der Waals surface area contributed by atoms with Crippen LogP contribution in [0, 0.1) is 0 Å². The molecule has 1 aliphatic heterocycles. The summed E-state index contributed by atoms with van der Waals surface area (Å²) in [5, 5.41) is 4.27. The summed E-state index contributed by atoms with van der Waals surface area (Å²) in [7, 11) is 0. The van der Waals surface area contributed by atoms with Crippen molar-refractivity contribution in [3.63, 3.8) is 0 Å². The maximum Gasteiger partial charge on any atom is 0.0826 e. The predicted octanol–water partition coefficient (Wildman–Crippen LogP) is 2.29. The number of ether oxygens (including phenoxy) is 1. The molecule has 1 aromatic rings. The highest BCUT2D eigenvalue weighted by Crippen LogP contribution is 2.28. The Balaban J connectivity index is 1.40. The standard InChI is InChI=1S/C15H21ClN2O/c16-13-3-1-12(2-4-13)9-17-10-15-11-18(7-8-19-15)14-5-6-14/h1-4,14-15,17H,5-11H2/t15-/m1/s1. The molecule has 0 bridgehead atoms. The van der Waals surface area contributed by atoms with Gasteiger partial charge in [0, 0.05) is 37.2 Å². The highest BCUT2D eigenvalue weighted by molar-refractivity contribution is 6.30. The largest absolute Gasteiger partial charge is 0.374 e. The molecule has 19 heavy (non-hydrogen) atoms. The van der Waals surface area contributed by atoms with Crippen LogP contribution in [-0.4, -0.2) is 43.3 Å². The molecule has 1 N–H and O–H groups in total. The Bertz CT molecular complexity index is 405. The monoisotopic (exact) mass is 280 g/mol. The van der Waals surface area contributed by atoms with E-state index in [1.54, 1.807) is 0 Å². The Kier molecular flexibility index (Phi) is 4.38. The Hall–Kier alpha value is -0.610. The van der Waals surface area contributed by atoms with E-state index in [1.807, 2.05) is 12.1 Å². The molecule has 1 saturated carbocycles. The molecule has 2 aliphatic rings. The minimum atomic E-state index is 0.335. The van der Waals surface area contributed by atoms with Gasteiger partial charge in [-0.2, -0.15) is 0 Å². The van der Waals surface area contributed by atoms with Crippen LogP contribution >= 0.6 is 11.6 Å². The zero-order chi connectivity index (χ0) is 13.1. The third-order valence-corrected chi connectivity index (χ3v) is 4.10. The van der Waals surface area contributed by atoms with E-state index in [0.29, 0.717) is 6.10 Å². The predicted molar refractivity (Wildman–Crippen MR) is 77.5 cm³/mol. The zero-order valence-corrected chi connectivity index (χ0v) is 11.9. The first-order valence-corrected chi connectivity index (χ1v) is 7.50. The Morgan fingerprint density at radius 3 is 2.79 bits per heavy atom. The zero-order valence-electron chi connectivity index (χ0n) is 11.1. The van der Waals surface area contributed by atoms with E-state index in [-0.39, 0.29) is 0 Å². The molecule has 104 valence electrons. The van der Waals surface area contributed by atoms with Crippen molar-refractivity contribution in [1.82, 2.24) is 10.2 Å². The molecule has 0 spiro atoms. The first-order chi connectivity index (χ1) is 9.31. The number of hydrogen-bond donors (Lipinski definition) is 1. The number of benzene rings is 1. The van der Waals surface area contributed by atoms with Crippen LogP contribution in [0.4, 0.5) is 0 Å². The molecule has 1 aromatic carbocycles. The van der Waals surface area contributed by atoms with Gasteiger partial charge < -0.3 is 10.1 Å². The van der Waals surface area contributed by atoms with Crippen molar-refractivity contribution in [2.75, 3.05) is 26.2 Å². The van der Waals surface area contributed by atoms with Crippen molar-refractivity contribution in [1.29, 1.82) is 0 Å². The second-order valence-corrected chi connectivity index (χ2v) is 5.91. The molecule has 1 aliphatic carbocycles. The summed E-state index contributed by atoms with van der Waals surface area (Å²) in [5.41, 5.74) is 1.26. The van der Waals surface area contributed by atoms with Gasteiger partial charge in [-0.05, 0) is 30.5 Å². The molecule has 0 unspecified atom stereocenters. The highest BCUT2D eigenvalue weighted by atomic mass is 35.5. The summed E-state index contributed by atoms with van der Waals surface area (Å²) in [6.07, 6.45) is 3.09. The maximum atomic E-state index is 5.87. The molecule has 0 amide bonds. The fourth-order valence-corrected chi connectivity index (χ4v) is 2.74. The van der Waals surface area contributed by atoms with Gasteiger partial charge in [-0.25, -0.2) is 0 Å². The highest BCUT2D eigenvalue weighted by Gasteiger charge is 2.32. The Labute approximate surface area is 119 Å². The van der Waals surface area contributed by atoms with E-state index in [4.69, 9.17) is 16.3 Å². The third kappa shape index (κ3) is 3.93. The van der Waals surface area contributed by atoms with Gasteiger partial charge in [0.15, 0.2) is 0 Å². The Morgan fingerprint density at radius 2 is 2.05 bits per heavy atom. The van der Waals surface area contributed by atoms with Crippen molar-refractivity contribution < 1.29 is 4.74 Å². The van der Waals surface area contributed by atoms with Crippen LogP contribution in [-0.2, 0) is 11.3 Å². The number of morpholine rings is 1. The molecule has 4 heteroatoms. The van der Waals surface area contributed by atoms with Crippen molar-refractivity contribution in [3.8, 4) is 0 Å². The number of nitrogens with one attached hydrogen (secondary N) is 1. The summed E-state index contributed by atoms with van der Waals surface area (Å²) in [6.45, 7) is 4.87. The van der Waals surface area contributed by atoms with Crippen LogP contribution in [0.5, 0.6) is 0 Å². The lowest BCUT2D eigenvalue weighted by Gasteiger charge is -2.33. The molecule has 0 aromatic heterocycles. The second kappa shape index (κ2) is 6.23. The lowest BCUT2D eigenvalue weighted by atomic mass is 10.2. The average molecular weight is 281 g/mol. The van der Waals surface area contributed by atoms with Crippen LogP contribution in [0.1, 0.15) is 18.4 Å². The molecular weight excluding hydrogens is 260 g/mol. The van der Waals surface area contributed by atoms with Crippen LogP contribution in [0.2, 0.25) is 5.02 Å². The molecule has 1 atom stereocenters. The van der Waals surface area contributed by atoms with E-state index < -0.39 is 0 Å². The van der Waals surface area contributed by atoms with Crippen LogP contribution in [0.3, 0.4) is 0 Å². The van der Waals surface area contributed by atoms with E-state index in [9.17, 15) is 0 Å². The number of halogens is 1. The summed E-state index contributed by atoms with van der Waals surface area (Å²) >= 11 is 5.87. The van der Waals surface area contributed by atoms with Gasteiger partial charge in [0.1, 0.15) is 0 Å². The molecule has 2 fully saturated rings. The topological polar surface area (TPSA) is 24.5 Å². The lowest BCUT2D eigenvalue weighted by molar-refractivity contribution is -0.0301. The third-order valence-electron chi connectivity index (χ3n) is 3.85. The minimum absolute atomic E-state index is 0.335. The molecule has 1 heterocycles. The van der Waals surface area contributed by atoms with E-state index in [0.717, 1.165) is 43.9 Å². The fraction of sp³-hybridized carbons (Fsp3) is 0.600. The van der Waals surface area contributed by atoms with Gasteiger partial charge >= 0.3 is 0 Å². The normalized spacial score (nSPS) is 24.6. The van der Waals surface area contributed by atoms with Crippen LogP contribution < -0.4 is 5.32 Å². The van der Waals surface area contributed by atoms with E-state index in [2.05, 4.69) is 22.3 Å². The van der Waals surface area contributed by atoms with Gasteiger partial charge in [-0.3, -0.25) is 4.90 Å². The smallest absolute Gasteiger partial charge is 0.0826 e. The number of hydrogen-bond acceptors (Lipinski definition) is 3. The van der Waals surface area contributed by atoms with Gasteiger partial charge in [-0.15, -0.1) is 0 Å². The fourth-order valence-electron chi connectivity index (χ4n) is 2.62. The van der Waals surface area contributed by atoms with Crippen LogP contribution in [0.15, 0.2) is 24.3 Å². The molecule has 1 saturated heterocycles. The van der Waals surface area contributed by atoms with Crippen molar-refractivity contribution in [2.45, 2.75) is 31.5 Å². The quantitative estimate of drug-likeness (QED) is 0.896. The van der Waals surface area contributed by atoms with Gasteiger partial charge in [0.2, 0.25) is 0 Å². The second-order valence-electron chi connectivity index (χ2n) is 5.48. The molecule has 3 rings (SSSR count). The maximum absolute atomic E-state index is 5.87. The summed E-state index contributed by atoms with van der Waals surface area (Å²) in [6, 6.07) is 8.85. The molecular formula is C15H21ClN2O. The Morgan fingerprint density at radius 1 is 1.26 bits per heavy atom. The molecule has 3 nitrogen and oxygen atoms in total. The number of nitrogens with zero attached hydrogens (tertiary/aromatic N) is 1. The van der Waals surface area contributed by atoms with E-state index >= 15 is 0 Å². The number of rotatable bonds is 5. The first-order valence-electron chi connectivity index (χ1n) is 7.12. The van der Waals surface area contributed by atoms with Gasteiger partial charge in [-0.1, -0.05) is 23.7 Å². The SMILES string of the molecule is Clc1ccc(CNC[C@@H]2CN(C3CC3)CCO2)cc1. The summed E-state index contributed by atoms with van der Waals surface area (Å²) in [5.74, 6) is 0. The minimum Gasteiger partial charge on any atom is -0.374 e. The van der Waals surface area contributed by atoms with Crippen molar-refractivity contribution >= 4 is 11.6 Å². The summed E-state index contributed by atoms with van der Waals surface area (Å²) < 4.78 is 5.82. The lowest BCUT2D eigenvalue weighted by Crippen LogP contribution is -2.47. The molecule has 0 radical (unpaired) electrons. The van der Waals surface area contributed by atoms with Crippen molar-refractivity contribution in [3.05, 3.63) is 34.9 Å². The average Bonchev–Trinajstić information content (AvgIpc) is 3.26.